The Balaban J connectivity index is 1.46. The van der Waals surface area contributed by atoms with E-state index in [0.717, 1.165) is 69.2 Å². The van der Waals surface area contributed by atoms with Crippen molar-refractivity contribution in [2.75, 3.05) is 73.1 Å². The largest absolute Gasteiger partial charge is 0.493 e. The van der Waals surface area contributed by atoms with Crippen molar-refractivity contribution in [3.05, 3.63) is 23.8 Å². The Morgan fingerprint density at radius 1 is 0.969 bits per heavy atom. The second kappa shape index (κ2) is 12.9. The summed E-state index contributed by atoms with van der Waals surface area (Å²) < 4.78 is 10.8. The summed E-state index contributed by atoms with van der Waals surface area (Å²) >= 11 is 0. The van der Waals surface area contributed by atoms with Crippen molar-refractivity contribution in [3.8, 4) is 11.5 Å². The molecule has 1 aromatic carbocycles. The van der Waals surface area contributed by atoms with Gasteiger partial charge in [0.2, 0.25) is 0 Å². The minimum atomic E-state index is 0.781. The lowest BCUT2D eigenvalue weighted by Gasteiger charge is -2.36. The number of piperidine rings is 1. The summed E-state index contributed by atoms with van der Waals surface area (Å²) in [6.45, 7) is 15.0. The summed E-state index contributed by atoms with van der Waals surface area (Å²) in [7, 11) is 3.37. The van der Waals surface area contributed by atoms with Gasteiger partial charge in [-0.1, -0.05) is 13.0 Å². The van der Waals surface area contributed by atoms with Gasteiger partial charge in [0.05, 0.1) is 14.2 Å². The normalized spacial score (nSPS) is 19.2. The van der Waals surface area contributed by atoms with Crippen molar-refractivity contribution >= 4 is 5.96 Å². The van der Waals surface area contributed by atoms with Gasteiger partial charge in [0.1, 0.15) is 0 Å². The van der Waals surface area contributed by atoms with E-state index in [9.17, 15) is 0 Å². The van der Waals surface area contributed by atoms with Crippen molar-refractivity contribution < 1.29 is 9.47 Å². The number of piperazine rings is 1. The lowest BCUT2D eigenvalue weighted by Crippen LogP contribution is -2.52. The van der Waals surface area contributed by atoms with Gasteiger partial charge in [-0.25, -0.2) is 0 Å². The van der Waals surface area contributed by atoms with Crippen LogP contribution in [-0.4, -0.2) is 93.8 Å². The maximum absolute atomic E-state index is 5.46. The SMILES string of the molecule is CCNC(=NCCC1CCN(CC)CC1)N1CCN(Cc2ccc(OC)c(OC)c2)CC1. The third-order valence-corrected chi connectivity index (χ3v) is 6.81. The lowest BCUT2D eigenvalue weighted by molar-refractivity contribution is 0.172. The zero-order chi connectivity index (χ0) is 22.8. The Morgan fingerprint density at radius 3 is 2.31 bits per heavy atom. The molecule has 0 aliphatic carbocycles. The first-order chi connectivity index (χ1) is 15.7. The highest BCUT2D eigenvalue weighted by Crippen LogP contribution is 2.28. The van der Waals surface area contributed by atoms with Crippen LogP contribution < -0.4 is 14.8 Å². The average Bonchev–Trinajstić information content (AvgIpc) is 2.84. The summed E-state index contributed by atoms with van der Waals surface area (Å²) in [5, 5.41) is 3.52. The van der Waals surface area contributed by atoms with Crippen molar-refractivity contribution in [2.24, 2.45) is 10.9 Å². The lowest BCUT2D eigenvalue weighted by atomic mass is 9.94. The highest BCUT2D eigenvalue weighted by Gasteiger charge is 2.21. The molecule has 0 amide bonds. The first-order valence-corrected chi connectivity index (χ1v) is 12.4. The Morgan fingerprint density at radius 2 is 1.69 bits per heavy atom. The molecule has 2 saturated heterocycles. The molecule has 3 rings (SSSR count). The first kappa shape index (κ1) is 24.6. The number of hydrogen-bond acceptors (Lipinski definition) is 5. The van der Waals surface area contributed by atoms with E-state index in [-0.39, 0.29) is 0 Å². The standard InChI is InChI=1S/C25H43N5O2/c1-5-26-25(27-12-9-21-10-13-28(6-2)14-11-21)30-17-15-29(16-18-30)20-22-7-8-23(31-3)24(19-22)32-4/h7-8,19,21H,5-6,9-18,20H2,1-4H3,(H,26,27). The molecule has 1 N–H and O–H groups in total. The van der Waals surface area contributed by atoms with Gasteiger partial charge in [-0.2, -0.15) is 0 Å². The van der Waals surface area contributed by atoms with E-state index in [1.165, 1.54) is 44.5 Å². The second-order valence-corrected chi connectivity index (χ2v) is 8.85. The molecule has 1 aromatic rings. The molecule has 0 saturated carbocycles. The van der Waals surface area contributed by atoms with Crippen LogP contribution in [0.25, 0.3) is 0 Å². The van der Waals surface area contributed by atoms with E-state index in [1.54, 1.807) is 14.2 Å². The fraction of sp³-hybridized carbons (Fsp3) is 0.720. The van der Waals surface area contributed by atoms with E-state index in [2.05, 4.69) is 46.0 Å². The van der Waals surface area contributed by atoms with Gasteiger partial charge in [0, 0.05) is 45.8 Å². The zero-order valence-electron chi connectivity index (χ0n) is 20.6. The fourth-order valence-corrected chi connectivity index (χ4v) is 4.73. The topological polar surface area (TPSA) is 52.6 Å². The Kier molecular flexibility index (Phi) is 9.93. The third-order valence-electron chi connectivity index (χ3n) is 6.81. The van der Waals surface area contributed by atoms with E-state index in [0.29, 0.717) is 0 Å². The van der Waals surface area contributed by atoms with E-state index >= 15 is 0 Å². The van der Waals surface area contributed by atoms with Crippen molar-refractivity contribution in [1.82, 2.24) is 20.0 Å². The number of nitrogens with one attached hydrogen (secondary N) is 1. The van der Waals surface area contributed by atoms with Crippen molar-refractivity contribution in [1.29, 1.82) is 0 Å². The molecule has 0 bridgehead atoms. The number of aliphatic imine (C=N–C) groups is 1. The summed E-state index contributed by atoms with van der Waals surface area (Å²) in [5.41, 5.74) is 1.26. The maximum atomic E-state index is 5.46. The van der Waals surface area contributed by atoms with Gasteiger partial charge in [0.25, 0.3) is 0 Å². The van der Waals surface area contributed by atoms with Crippen LogP contribution in [0.4, 0.5) is 0 Å². The number of benzene rings is 1. The van der Waals surface area contributed by atoms with Gasteiger partial charge in [-0.3, -0.25) is 9.89 Å². The van der Waals surface area contributed by atoms with Crippen LogP contribution in [0.2, 0.25) is 0 Å². The molecule has 2 fully saturated rings. The molecule has 0 spiro atoms. The number of likely N-dealkylation sites (tertiary alicyclic amines) is 1. The number of ether oxygens (including phenoxy) is 2. The second-order valence-electron chi connectivity index (χ2n) is 8.85. The number of methoxy groups -OCH3 is 2. The Bertz CT molecular complexity index is 710. The fourth-order valence-electron chi connectivity index (χ4n) is 4.73. The van der Waals surface area contributed by atoms with E-state index in [4.69, 9.17) is 14.5 Å². The molecule has 2 aliphatic heterocycles. The average molecular weight is 446 g/mol. The Labute approximate surface area is 194 Å². The number of rotatable bonds is 9. The molecule has 0 radical (unpaired) electrons. The molecular weight excluding hydrogens is 402 g/mol. The highest BCUT2D eigenvalue weighted by atomic mass is 16.5. The van der Waals surface area contributed by atoms with Crippen molar-refractivity contribution in [2.45, 2.75) is 39.7 Å². The summed E-state index contributed by atoms with van der Waals surface area (Å²) in [6.07, 6.45) is 3.87. The predicted molar refractivity (Wildman–Crippen MR) is 132 cm³/mol. The van der Waals surface area contributed by atoms with Crippen LogP contribution in [-0.2, 0) is 6.54 Å². The van der Waals surface area contributed by atoms with Crippen molar-refractivity contribution in [3.63, 3.8) is 0 Å². The van der Waals surface area contributed by atoms with Crippen LogP contribution in [0, 0.1) is 5.92 Å². The van der Waals surface area contributed by atoms with Crippen LogP contribution >= 0.6 is 0 Å². The molecule has 2 aliphatic rings. The van der Waals surface area contributed by atoms with Gasteiger partial charge in [-0.15, -0.1) is 0 Å². The molecular formula is C25H43N5O2. The summed E-state index contributed by atoms with van der Waals surface area (Å²) in [5.74, 6) is 3.50. The number of guanidine groups is 1. The minimum absolute atomic E-state index is 0.781. The van der Waals surface area contributed by atoms with E-state index < -0.39 is 0 Å². The molecule has 7 heteroatoms. The summed E-state index contributed by atoms with van der Waals surface area (Å²) in [4.78, 5) is 12.5. The van der Waals surface area contributed by atoms with Crippen LogP contribution in [0.3, 0.4) is 0 Å². The zero-order valence-corrected chi connectivity index (χ0v) is 20.6. The van der Waals surface area contributed by atoms with Crippen LogP contribution in [0.15, 0.2) is 23.2 Å². The predicted octanol–water partition coefficient (Wildman–Crippen LogP) is 2.91. The van der Waals surface area contributed by atoms with Gasteiger partial charge in [0.15, 0.2) is 17.5 Å². The molecule has 0 aromatic heterocycles. The third kappa shape index (κ3) is 7.01. The summed E-state index contributed by atoms with van der Waals surface area (Å²) in [6, 6.07) is 6.21. The minimum Gasteiger partial charge on any atom is -0.493 e. The highest BCUT2D eigenvalue weighted by molar-refractivity contribution is 5.80. The monoisotopic (exact) mass is 445 g/mol. The molecule has 0 unspecified atom stereocenters. The smallest absolute Gasteiger partial charge is 0.194 e. The van der Waals surface area contributed by atoms with E-state index in [1.807, 2.05) is 6.07 Å². The van der Waals surface area contributed by atoms with Gasteiger partial charge >= 0.3 is 0 Å². The number of nitrogens with zero attached hydrogens (tertiary/aromatic N) is 4. The molecule has 2 heterocycles. The number of hydrogen-bond donors (Lipinski definition) is 1. The molecule has 32 heavy (non-hydrogen) atoms. The molecule has 0 atom stereocenters. The van der Waals surface area contributed by atoms with Gasteiger partial charge in [-0.05, 0) is 69.4 Å². The Hall–Kier alpha value is -1.99. The first-order valence-electron chi connectivity index (χ1n) is 12.4. The van der Waals surface area contributed by atoms with Crippen LogP contribution in [0.5, 0.6) is 11.5 Å². The maximum Gasteiger partial charge on any atom is 0.194 e. The molecule has 7 nitrogen and oxygen atoms in total. The quantitative estimate of drug-likeness (QED) is 0.466. The van der Waals surface area contributed by atoms with Gasteiger partial charge < -0.3 is 24.6 Å². The molecule has 180 valence electrons. The van der Waals surface area contributed by atoms with Crippen LogP contribution in [0.1, 0.15) is 38.7 Å².